The summed E-state index contributed by atoms with van der Waals surface area (Å²) in [6.45, 7) is 4.33. The maximum atomic E-state index is 10.6. The molecule has 3 unspecified atom stereocenters. The first-order chi connectivity index (χ1) is 8.63. The van der Waals surface area contributed by atoms with E-state index in [-0.39, 0.29) is 6.10 Å². The van der Waals surface area contributed by atoms with Gasteiger partial charge in [-0.15, -0.1) is 0 Å². The monoisotopic (exact) mass is 310 g/mol. The van der Waals surface area contributed by atoms with Crippen molar-refractivity contribution in [2.24, 2.45) is 11.8 Å². The predicted octanol–water partition coefficient (Wildman–Crippen LogP) is 5.01. The van der Waals surface area contributed by atoms with E-state index >= 15 is 0 Å². The van der Waals surface area contributed by atoms with E-state index in [0.29, 0.717) is 11.8 Å². The number of aryl methyl sites for hydroxylation is 1. The first-order valence-corrected chi connectivity index (χ1v) is 7.87. The summed E-state index contributed by atoms with van der Waals surface area (Å²) in [4.78, 5) is 0. The Bertz CT molecular complexity index is 402. The van der Waals surface area contributed by atoms with Crippen molar-refractivity contribution in [2.75, 3.05) is 0 Å². The number of hydrogen-bond acceptors (Lipinski definition) is 1. The zero-order chi connectivity index (χ0) is 13.1. The minimum atomic E-state index is -0.299. The summed E-state index contributed by atoms with van der Waals surface area (Å²) in [5.41, 5.74) is 2.29. The zero-order valence-electron chi connectivity index (χ0n) is 11.3. The summed E-state index contributed by atoms with van der Waals surface area (Å²) in [5, 5.41) is 10.6. The molecule has 100 valence electrons. The van der Waals surface area contributed by atoms with Gasteiger partial charge in [-0.05, 0) is 42.4 Å². The molecule has 1 aliphatic carbocycles. The number of aliphatic hydroxyl groups excluding tert-OH is 1. The minimum absolute atomic E-state index is 0.299. The summed E-state index contributed by atoms with van der Waals surface area (Å²) in [5.74, 6) is 1.13. The lowest BCUT2D eigenvalue weighted by Gasteiger charge is -2.34. The predicted molar refractivity (Wildman–Crippen MR) is 79.6 cm³/mol. The fraction of sp³-hybridized carbons (Fsp3) is 0.625. The Morgan fingerprint density at radius 3 is 2.72 bits per heavy atom. The molecule has 0 spiro atoms. The fourth-order valence-electron chi connectivity index (χ4n) is 3.20. The molecule has 1 N–H and O–H groups in total. The topological polar surface area (TPSA) is 20.2 Å². The zero-order valence-corrected chi connectivity index (χ0v) is 12.9. The molecule has 0 radical (unpaired) electrons. The second kappa shape index (κ2) is 6.21. The minimum Gasteiger partial charge on any atom is -0.388 e. The van der Waals surface area contributed by atoms with Crippen LogP contribution in [0.2, 0.25) is 0 Å². The highest BCUT2D eigenvalue weighted by molar-refractivity contribution is 9.10. The molecule has 1 nitrogen and oxygen atoms in total. The number of benzene rings is 1. The Morgan fingerprint density at radius 1 is 1.33 bits per heavy atom. The molecule has 2 rings (SSSR count). The van der Waals surface area contributed by atoms with Crippen molar-refractivity contribution in [1.82, 2.24) is 0 Å². The van der Waals surface area contributed by atoms with Crippen molar-refractivity contribution in [2.45, 2.75) is 52.1 Å². The Balaban J connectivity index is 2.18. The summed E-state index contributed by atoms with van der Waals surface area (Å²) >= 11 is 3.56. The molecule has 3 atom stereocenters. The Labute approximate surface area is 119 Å². The summed E-state index contributed by atoms with van der Waals surface area (Å²) in [7, 11) is 0. The molecule has 1 saturated carbocycles. The molecule has 0 aromatic heterocycles. The molecule has 0 aliphatic heterocycles. The highest BCUT2D eigenvalue weighted by atomic mass is 79.9. The molecule has 0 heterocycles. The third kappa shape index (κ3) is 2.97. The molecular weight excluding hydrogens is 288 g/mol. The second-order valence-electron chi connectivity index (χ2n) is 5.57. The van der Waals surface area contributed by atoms with Gasteiger partial charge in [-0.25, -0.2) is 0 Å². The van der Waals surface area contributed by atoms with Gasteiger partial charge in [-0.3, -0.25) is 0 Å². The SMILES string of the molecule is CCC1CCCCC1C(O)c1ccc(C)c(Br)c1. The number of hydrogen-bond donors (Lipinski definition) is 1. The van der Waals surface area contributed by atoms with E-state index in [1.54, 1.807) is 0 Å². The van der Waals surface area contributed by atoms with Crippen LogP contribution in [0.3, 0.4) is 0 Å². The second-order valence-corrected chi connectivity index (χ2v) is 6.42. The van der Waals surface area contributed by atoms with Crippen molar-refractivity contribution < 1.29 is 5.11 Å². The molecule has 1 aromatic rings. The van der Waals surface area contributed by atoms with E-state index in [9.17, 15) is 5.11 Å². The average Bonchev–Trinajstić information content (AvgIpc) is 2.41. The van der Waals surface area contributed by atoms with Crippen LogP contribution in [-0.2, 0) is 0 Å². The highest BCUT2D eigenvalue weighted by Gasteiger charge is 2.30. The Morgan fingerprint density at radius 2 is 2.06 bits per heavy atom. The van der Waals surface area contributed by atoms with Gasteiger partial charge >= 0.3 is 0 Å². The normalized spacial score (nSPS) is 26.0. The lowest BCUT2D eigenvalue weighted by molar-refractivity contribution is 0.0451. The van der Waals surface area contributed by atoms with E-state index < -0.39 is 0 Å². The van der Waals surface area contributed by atoms with Crippen LogP contribution >= 0.6 is 15.9 Å². The number of aliphatic hydroxyl groups is 1. The van der Waals surface area contributed by atoms with E-state index in [1.165, 1.54) is 37.7 Å². The van der Waals surface area contributed by atoms with Crippen molar-refractivity contribution in [3.63, 3.8) is 0 Å². The average molecular weight is 311 g/mol. The van der Waals surface area contributed by atoms with Gasteiger partial charge in [0.15, 0.2) is 0 Å². The van der Waals surface area contributed by atoms with E-state index in [1.807, 2.05) is 0 Å². The van der Waals surface area contributed by atoms with Gasteiger partial charge in [0.1, 0.15) is 0 Å². The van der Waals surface area contributed by atoms with Crippen LogP contribution in [0.5, 0.6) is 0 Å². The Kier molecular flexibility index (Phi) is 4.85. The summed E-state index contributed by atoms with van der Waals surface area (Å²) in [6, 6.07) is 6.25. The van der Waals surface area contributed by atoms with Crippen LogP contribution in [-0.4, -0.2) is 5.11 Å². The van der Waals surface area contributed by atoms with Crippen molar-refractivity contribution in [3.8, 4) is 0 Å². The van der Waals surface area contributed by atoms with Crippen LogP contribution in [0, 0.1) is 18.8 Å². The lowest BCUT2D eigenvalue weighted by atomic mass is 9.73. The molecule has 1 aliphatic rings. The number of rotatable bonds is 3. The van der Waals surface area contributed by atoms with Crippen LogP contribution < -0.4 is 0 Å². The van der Waals surface area contributed by atoms with Crippen LogP contribution in [0.4, 0.5) is 0 Å². The van der Waals surface area contributed by atoms with Gasteiger partial charge in [0, 0.05) is 4.47 Å². The quantitative estimate of drug-likeness (QED) is 0.832. The first-order valence-electron chi connectivity index (χ1n) is 7.07. The molecular formula is C16H23BrO. The van der Waals surface area contributed by atoms with Crippen molar-refractivity contribution >= 4 is 15.9 Å². The van der Waals surface area contributed by atoms with Crippen molar-refractivity contribution in [1.29, 1.82) is 0 Å². The lowest BCUT2D eigenvalue weighted by Crippen LogP contribution is -2.25. The van der Waals surface area contributed by atoms with E-state index in [2.05, 4.69) is 48.0 Å². The molecule has 1 fully saturated rings. The largest absolute Gasteiger partial charge is 0.388 e. The molecule has 18 heavy (non-hydrogen) atoms. The third-order valence-electron chi connectivity index (χ3n) is 4.44. The standard InChI is InChI=1S/C16H23BrO/c1-3-12-6-4-5-7-14(12)16(18)13-9-8-11(2)15(17)10-13/h8-10,12,14,16,18H,3-7H2,1-2H3. The Hall–Kier alpha value is -0.340. The van der Waals surface area contributed by atoms with Gasteiger partial charge in [-0.2, -0.15) is 0 Å². The molecule has 2 heteroatoms. The van der Waals surface area contributed by atoms with Gasteiger partial charge in [0.2, 0.25) is 0 Å². The summed E-state index contributed by atoms with van der Waals surface area (Å²) < 4.78 is 1.10. The first kappa shape index (κ1) is 14.1. The highest BCUT2D eigenvalue weighted by Crippen LogP contribution is 2.40. The molecule has 0 saturated heterocycles. The third-order valence-corrected chi connectivity index (χ3v) is 5.29. The molecule has 0 bridgehead atoms. The summed E-state index contributed by atoms with van der Waals surface area (Å²) in [6.07, 6.45) is 5.95. The van der Waals surface area contributed by atoms with Crippen molar-refractivity contribution in [3.05, 3.63) is 33.8 Å². The molecule has 0 amide bonds. The van der Waals surface area contributed by atoms with Crippen LogP contribution in [0.15, 0.2) is 22.7 Å². The maximum absolute atomic E-state index is 10.6. The van der Waals surface area contributed by atoms with Gasteiger partial charge in [-0.1, -0.05) is 60.7 Å². The van der Waals surface area contributed by atoms with Crippen LogP contribution in [0.25, 0.3) is 0 Å². The van der Waals surface area contributed by atoms with Gasteiger partial charge in [0.05, 0.1) is 6.10 Å². The van der Waals surface area contributed by atoms with E-state index in [0.717, 1.165) is 10.0 Å². The smallest absolute Gasteiger partial charge is 0.0821 e. The molecule has 1 aromatic carbocycles. The van der Waals surface area contributed by atoms with Crippen LogP contribution in [0.1, 0.15) is 56.3 Å². The maximum Gasteiger partial charge on any atom is 0.0821 e. The van der Waals surface area contributed by atoms with E-state index in [4.69, 9.17) is 0 Å². The van der Waals surface area contributed by atoms with Gasteiger partial charge < -0.3 is 5.11 Å². The fourth-order valence-corrected chi connectivity index (χ4v) is 3.60. The van der Waals surface area contributed by atoms with Gasteiger partial charge in [0.25, 0.3) is 0 Å². The number of halogens is 1.